The van der Waals surface area contributed by atoms with Crippen LogP contribution in [0, 0.1) is 0 Å². The normalized spacial score (nSPS) is 12.3. The first-order valence-corrected chi connectivity index (χ1v) is 5.41. The maximum atomic E-state index is 10.8. The van der Waals surface area contributed by atoms with E-state index in [1.807, 2.05) is 18.2 Å². The summed E-state index contributed by atoms with van der Waals surface area (Å²) >= 11 is 0. The van der Waals surface area contributed by atoms with E-state index in [0.717, 1.165) is 12.8 Å². The Morgan fingerprint density at radius 1 is 1.38 bits per heavy atom. The summed E-state index contributed by atoms with van der Waals surface area (Å²) in [6.07, 6.45) is 1.86. The van der Waals surface area contributed by atoms with Crippen molar-refractivity contribution in [1.29, 1.82) is 0 Å². The Kier molecular flexibility index (Phi) is 5.53. The van der Waals surface area contributed by atoms with Crippen LogP contribution >= 0.6 is 0 Å². The second-order valence-electron chi connectivity index (χ2n) is 3.68. The van der Waals surface area contributed by atoms with Gasteiger partial charge in [0.25, 0.3) is 0 Å². The molecule has 1 unspecified atom stereocenters. The molecule has 0 heterocycles. The van der Waals surface area contributed by atoms with E-state index in [1.165, 1.54) is 5.56 Å². The molecule has 4 heteroatoms. The molecule has 4 N–H and O–H groups in total. The average Bonchev–Trinajstić information content (AvgIpc) is 2.30. The smallest absolute Gasteiger partial charge is 0.236 e. The predicted molar refractivity (Wildman–Crippen MR) is 62.8 cm³/mol. The summed E-state index contributed by atoms with van der Waals surface area (Å²) in [7, 11) is 0. The summed E-state index contributed by atoms with van der Waals surface area (Å²) in [5.74, 6) is -0.512. The van der Waals surface area contributed by atoms with Gasteiger partial charge in [-0.05, 0) is 24.9 Å². The Hall–Kier alpha value is -1.39. The van der Waals surface area contributed by atoms with Gasteiger partial charge < -0.3 is 16.2 Å². The molecule has 1 amide bonds. The molecule has 1 aromatic carbocycles. The quantitative estimate of drug-likeness (QED) is 0.571. The molecule has 0 aliphatic heterocycles. The maximum Gasteiger partial charge on any atom is 0.236 e. The van der Waals surface area contributed by atoms with Crippen molar-refractivity contribution in [2.24, 2.45) is 5.73 Å². The monoisotopic (exact) mass is 222 g/mol. The fourth-order valence-corrected chi connectivity index (χ4v) is 1.47. The first-order valence-electron chi connectivity index (χ1n) is 5.41. The zero-order valence-electron chi connectivity index (χ0n) is 9.23. The number of benzene rings is 1. The molecule has 16 heavy (non-hydrogen) atoms. The molecule has 0 aromatic heterocycles. The number of nitrogens with two attached hydrogens (primary N) is 1. The first-order chi connectivity index (χ1) is 7.74. The second kappa shape index (κ2) is 6.98. The Bertz CT molecular complexity index is 314. The van der Waals surface area contributed by atoms with Crippen LogP contribution < -0.4 is 11.1 Å². The number of aryl methyl sites for hydroxylation is 1. The highest BCUT2D eigenvalue weighted by Gasteiger charge is 2.11. The number of nitrogens with one attached hydrogen (secondary N) is 1. The number of hydrogen-bond donors (Lipinski definition) is 3. The van der Waals surface area contributed by atoms with E-state index in [-0.39, 0.29) is 6.61 Å². The van der Waals surface area contributed by atoms with E-state index in [4.69, 9.17) is 10.8 Å². The molecule has 0 aliphatic rings. The summed E-state index contributed by atoms with van der Waals surface area (Å²) < 4.78 is 0. The molecule has 1 rings (SSSR count). The van der Waals surface area contributed by atoms with E-state index in [1.54, 1.807) is 0 Å². The lowest BCUT2D eigenvalue weighted by atomic mass is 10.1. The minimum absolute atomic E-state index is 0.249. The standard InChI is InChI=1S/C12H18N2O2/c13-12(16)11(9-15)14-8-4-7-10-5-2-1-3-6-10/h1-3,5-6,11,14-15H,4,7-9H2,(H2,13,16). The van der Waals surface area contributed by atoms with Crippen molar-refractivity contribution in [3.63, 3.8) is 0 Å². The molecule has 1 atom stereocenters. The first kappa shape index (κ1) is 12.7. The van der Waals surface area contributed by atoms with Gasteiger partial charge in [-0.2, -0.15) is 0 Å². The lowest BCUT2D eigenvalue weighted by Gasteiger charge is -2.11. The summed E-state index contributed by atoms with van der Waals surface area (Å²) in [5, 5.41) is 11.8. The van der Waals surface area contributed by atoms with Crippen molar-refractivity contribution >= 4 is 5.91 Å². The van der Waals surface area contributed by atoms with Crippen molar-refractivity contribution in [2.45, 2.75) is 18.9 Å². The Labute approximate surface area is 95.5 Å². The Morgan fingerprint density at radius 3 is 2.62 bits per heavy atom. The largest absolute Gasteiger partial charge is 0.394 e. The number of primary amides is 1. The minimum Gasteiger partial charge on any atom is -0.394 e. The summed E-state index contributed by atoms with van der Waals surface area (Å²) in [6, 6.07) is 9.49. The summed E-state index contributed by atoms with van der Waals surface area (Å²) in [6.45, 7) is 0.420. The van der Waals surface area contributed by atoms with E-state index >= 15 is 0 Å². The Morgan fingerprint density at radius 2 is 2.06 bits per heavy atom. The number of aliphatic hydroxyl groups excluding tert-OH is 1. The molecule has 1 aromatic rings. The number of rotatable bonds is 7. The van der Waals surface area contributed by atoms with Gasteiger partial charge >= 0.3 is 0 Å². The van der Waals surface area contributed by atoms with Crippen molar-refractivity contribution in [3.05, 3.63) is 35.9 Å². The maximum absolute atomic E-state index is 10.8. The minimum atomic E-state index is -0.629. The van der Waals surface area contributed by atoms with E-state index in [9.17, 15) is 4.79 Å². The number of aliphatic hydroxyl groups is 1. The summed E-state index contributed by atoms with van der Waals surface area (Å²) in [4.78, 5) is 10.8. The highest BCUT2D eigenvalue weighted by Crippen LogP contribution is 2.01. The Balaban J connectivity index is 2.19. The topological polar surface area (TPSA) is 75.4 Å². The van der Waals surface area contributed by atoms with Gasteiger partial charge in [0, 0.05) is 0 Å². The van der Waals surface area contributed by atoms with Gasteiger partial charge in [0.15, 0.2) is 0 Å². The summed E-state index contributed by atoms with van der Waals surface area (Å²) in [5.41, 5.74) is 6.35. The number of carbonyl (C=O) groups is 1. The molecule has 0 spiro atoms. The van der Waals surface area contributed by atoms with Crippen LogP contribution in [-0.4, -0.2) is 30.2 Å². The highest BCUT2D eigenvalue weighted by atomic mass is 16.3. The zero-order chi connectivity index (χ0) is 11.8. The molecular weight excluding hydrogens is 204 g/mol. The van der Waals surface area contributed by atoms with Crippen LogP contribution in [0.5, 0.6) is 0 Å². The number of amides is 1. The van der Waals surface area contributed by atoms with Crippen molar-refractivity contribution in [3.8, 4) is 0 Å². The van der Waals surface area contributed by atoms with Crippen LogP contribution in [0.3, 0.4) is 0 Å². The van der Waals surface area contributed by atoms with Gasteiger partial charge in [-0.25, -0.2) is 0 Å². The van der Waals surface area contributed by atoms with Crippen LogP contribution in [0.2, 0.25) is 0 Å². The van der Waals surface area contributed by atoms with Crippen LogP contribution in [0.4, 0.5) is 0 Å². The third-order valence-electron chi connectivity index (χ3n) is 2.40. The van der Waals surface area contributed by atoms with E-state index in [2.05, 4.69) is 17.4 Å². The highest BCUT2D eigenvalue weighted by molar-refractivity contribution is 5.79. The molecule has 4 nitrogen and oxygen atoms in total. The molecule has 88 valence electrons. The fourth-order valence-electron chi connectivity index (χ4n) is 1.47. The van der Waals surface area contributed by atoms with Gasteiger partial charge in [-0.3, -0.25) is 4.79 Å². The van der Waals surface area contributed by atoms with E-state index in [0.29, 0.717) is 6.54 Å². The molecule has 0 saturated carbocycles. The third-order valence-corrected chi connectivity index (χ3v) is 2.40. The van der Waals surface area contributed by atoms with Crippen molar-refractivity contribution < 1.29 is 9.90 Å². The number of carbonyl (C=O) groups excluding carboxylic acids is 1. The van der Waals surface area contributed by atoms with E-state index < -0.39 is 11.9 Å². The molecule has 0 bridgehead atoms. The lowest BCUT2D eigenvalue weighted by Crippen LogP contribution is -2.44. The molecule has 0 saturated heterocycles. The van der Waals surface area contributed by atoms with Gasteiger partial charge in [0.2, 0.25) is 5.91 Å². The zero-order valence-corrected chi connectivity index (χ0v) is 9.23. The third kappa shape index (κ3) is 4.42. The van der Waals surface area contributed by atoms with Crippen LogP contribution in [0.25, 0.3) is 0 Å². The van der Waals surface area contributed by atoms with Crippen LogP contribution in [0.1, 0.15) is 12.0 Å². The molecular formula is C12H18N2O2. The molecule has 0 radical (unpaired) electrons. The van der Waals surface area contributed by atoms with Gasteiger partial charge in [-0.1, -0.05) is 30.3 Å². The van der Waals surface area contributed by atoms with Crippen LogP contribution in [0.15, 0.2) is 30.3 Å². The SMILES string of the molecule is NC(=O)C(CO)NCCCc1ccccc1. The average molecular weight is 222 g/mol. The fraction of sp³-hybridized carbons (Fsp3) is 0.417. The number of hydrogen-bond acceptors (Lipinski definition) is 3. The molecule has 0 fully saturated rings. The predicted octanol–water partition coefficient (Wildman–Crippen LogP) is 0.0550. The van der Waals surface area contributed by atoms with Crippen molar-refractivity contribution in [2.75, 3.05) is 13.2 Å². The lowest BCUT2D eigenvalue weighted by molar-refractivity contribution is -0.120. The van der Waals surface area contributed by atoms with Crippen molar-refractivity contribution in [1.82, 2.24) is 5.32 Å². The van der Waals surface area contributed by atoms with Gasteiger partial charge in [0.05, 0.1) is 6.61 Å². The van der Waals surface area contributed by atoms with Gasteiger partial charge in [0.1, 0.15) is 6.04 Å². The molecule has 0 aliphatic carbocycles. The van der Waals surface area contributed by atoms with Gasteiger partial charge in [-0.15, -0.1) is 0 Å². The second-order valence-corrected chi connectivity index (χ2v) is 3.68. The van der Waals surface area contributed by atoms with Crippen LogP contribution in [-0.2, 0) is 11.2 Å².